The maximum Gasteiger partial charge on any atom is 0.359 e. The van der Waals surface area contributed by atoms with Gasteiger partial charge in [0.1, 0.15) is 5.00 Å². The highest BCUT2D eigenvalue weighted by molar-refractivity contribution is 7.16. The molecule has 4 aromatic rings. The van der Waals surface area contributed by atoms with Gasteiger partial charge in [-0.15, -0.1) is 11.3 Å². The molecule has 0 radical (unpaired) electrons. The Balaban J connectivity index is 1.91. The van der Waals surface area contributed by atoms with E-state index < -0.39 is 11.5 Å². The van der Waals surface area contributed by atoms with Crippen LogP contribution in [0, 0.1) is 20.8 Å². The molecule has 8 heteroatoms. The number of carbonyl (C=O) groups is 2. The summed E-state index contributed by atoms with van der Waals surface area (Å²) >= 11 is 1.17. The molecule has 33 heavy (non-hydrogen) atoms. The van der Waals surface area contributed by atoms with Gasteiger partial charge in [-0.25, -0.2) is 4.79 Å². The van der Waals surface area contributed by atoms with Gasteiger partial charge in [-0.05, 0) is 62.6 Å². The molecule has 0 aliphatic heterocycles. The molecule has 0 atom stereocenters. The molecule has 2 aromatic heterocycles. The van der Waals surface area contributed by atoms with E-state index >= 15 is 0 Å². The van der Waals surface area contributed by atoms with E-state index in [1.54, 1.807) is 30.5 Å². The van der Waals surface area contributed by atoms with Crippen molar-refractivity contribution in [3.8, 4) is 5.69 Å². The maximum atomic E-state index is 13.5. The third-order valence-electron chi connectivity index (χ3n) is 5.47. The lowest BCUT2D eigenvalue weighted by Gasteiger charge is -2.11. The summed E-state index contributed by atoms with van der Waals surface area (Å²) in [5.41, 5.74) is 3.50. The van der Waals surface area contributed by atoms with Crippen molar-refractivity contribution in [3.05, 3.63) is 86.1 Å². The molecule has 0 spiro atoms. The lowest BCUT2D eigenvalue weighted by atomic mass is 10.1. The zero-order valence-corrected chi connectivity index (χ0v) is 19.6. The summed E-state index contributed by atoms with van der Waals surface area (Å²) in [6.45, 7) is 7.63. The van der Waals surface area contributed by atoms with Gasteiger partial charge in [0.25, 0.3) is 11.5 Å². The Labute approximate surface area is 194 Å². The van der Waals surface area contributed by atoms with Gasteiger partial charge in [-0.3, -0.25) is 9.59 Å². The number of carbonyl (C=O) groups excluding carboxylic acids is 2. The summed E-state index contributed by atoms with van der Waals surface area (Å²) < 4.78 is 6.38. The average Bonchev–Trinajstić information content (AvgIpc) is 3.20. The van der Waals surface area contributed by atoms with E-state index in [2.05, 4.69) is 10.4 Å². The van der Waals surface area contributed by atoms with Gasteiger partial charge < -0.3 is 10.1 Å². The number of anilines is 1. The molecule has 0 saturated heterocycles. The number of aromatic nitrogens is 2. The van der Waals surface area contributed by atoms with Crippen LogP contribution in [0.15, 0.2) is 52.6 Å². The second kappa shape index (κ2) is 8.99. The highest BCUT2D eigenvalue weighted by Crippen LogP contribution is 2.31. The first-order valence-electron chi connectivity index (χ1n) is 10.5. The zero-order valence-electron chi connectivity index (χ0n) is 18.8. The molecule has 4 rings (SSSR count). The van der Waals surface area contributed by atoms with Crippen LogP contribution in [-0.4, -0.2) is 28.3 Å². The molecule has 0 aliphatic rings. The zero-order chi connectivity index (χ0) is 23.7. The highest BCUT2D eigenvalue weighted by atomic mass is 32.1. The Morgan fingerprint density at radius 2 is 1.82 bits per heavy atom. The van der Waals surface area contributed by atoms with Crippen molar-refractivity contribution < 1.29 is 14.3 Å². The van der Waals surface area contributed by atoms with Crippen LogP contribution in [0.25, 0.3) is 16.5 Å². The number of aryl methyl sites for hydroxylation is 3. The fraction of sp³-hybridized carbons (Fsp3) is 0.200. The van der Waals surface area contributed by atoms with Crippen LogP contribution < -0.4 is 10.9 Å². The Bertz CT molecular complexity index is 1450. The molecule has 2 aromatic carbocycles. The van der Waals surface area contributed by atoms with Gasteiger partial charge in [0.15, 0.2) is 5.69 Å². The first-order chi connectivity index (χ1) is 15.8. The van der Waals surface area contributed by atoms with Crippen molar-refractivity contribution in [2.75, 3.05) is 11.9 Å². The average molecular weight is 462 g/mol. The summed E-state index contributed by atoms with van der Waals surface area (Å²) in [4.78, 5) is 39.1. The Morgan fingerprint density at radius 3 is 2.52 bits per heavy atom. The Hall–Kier alpha value is -3.78. The summed E-state index contributed by atoms with van der Waals surface area (Å²) in [6.07, 6.45) is 0. The first-order valence-corrected chi connectivity index (χ1v) is 11.4. The van der Waals surface area contributed by atoms with Crippen molar-refractivity contribution in [2.45, 2.75) is 27.7 Å². The molecule has 1 N–H and O–H groups in total. The van der Waals surface area contributed by atoms with Gasteiger partial charge in [0.05, 0.1) is 17.7 Å². The van der Waals surface area contributed by atoms with E-state index in [1.165, 1.54) is 16.0 Å². The third-order valence-corrected chi connectivity index (χ3v) is 6.37. The second-order valence-electron chi connectivity index (χ2n) is 7.68. The number of hydrogen-bond donors (Lipinski definition) is 1. The summed E-state index contributed by atoms with van der Waals surface area (Å²) in [5.74, 6) is -0.960. The lowest BCUT2D eigenvalue weighted by Crippen LogP contribution is -2.25. The second-order valence-corrected chi connectivity index (χ2v) is 8.56. The van der Waals surface area contributed by atoms with E-state index in [0.29, 0.717) is 21.6 Å². The minimum absolute atomic E-state index is 0.0253. The van der Waals surface area contributed by atoms with Crippen LogP contribution in [-0.2, 0) is 4.74 Å². The van der Waals surface area contributed by atoms with Gasteiger partial charge in [0.2, 0.25) is 0 Å². The predicted molar refractivity (Wildman–Crippen MR) is 130 cm³/mol. The smallest absolute Gasteiger partial charge is 0.359 e. The number of rotatable bonds is 5. The number of fused-ring (bicyclic) bond motifs is 1. The monoisotopic (exact) mass is 461 g/mol. The van der Waals surface area contributed by atoms with Crippen LogP contribution in [0.4, 0.5) is 5.00 Å². The van der Waals surface area contributed by atoms with Crippen molar-refractivity contribution in [1.29, 1.82) is 0 Å². The van der Waals surface area contributed by atoms with Crippen LogP contribution in [0.5, 0.6) is 0 Å². The Morgan fingerprint density at radius 1 is 1.06 bits per heavy atom. The number of amides is 1. The highest BCUT2D eigenvalue weighted by Gasteiger charge is 2.23. The lowest BCUT2D eigenvalue weighted by molar-refractivity contribution is 0.0520. The number of benzene rings is 2. The van der Waals surface area contributed by atoms with Gasteiger partial charge in [-0.1, -0.05) is 24.3 Å². The topological polar surface area (TPSA) is 90.3 Å². The molecule has 0 aliphatic carbocycles. The number of nitrogens with one attached hydrogen (secondary N) is 1. The molecule has 0 bridgehead atoms. The largest absolute Gasteiger partial charge is 0.461 e. The molecular formula is C25H23N3O4S. The van der Waals surface area contributed by atoms with E-state index in [9.17, 15) is 14.4 Å². The maximum absolute atomic E-state index is 13.5. The minimum Gasteiger partial charge on any atom is -0.461 e. The van der Waals surface area contributed by atoms with E-state index in [4.69, 9.17) is 4.74 Å². The normalized spacial score (nSPS) is 10.9. The number of esters is 1. The van der Waals surface area contributed by atoms with E-state index in [1.807, 2.05) is 45.0 Å². The van der Waals surface area contributed by atoms with E-state index in [-0.39, 0.29) is 23.6 Å². The summed E-state index contributed by atoms with van der Waals surface area (Å²) in [6, 6.07) is 12.7. The van der Waals surface area contributed by atoms with Crippen LogP contribution in [0.1, 0.15) is 44.5 Å². The first kappa shape index (κ1) is 22.4. The SMILES string of the molecule is CCOC(=O)c1nn(-c2ccc(C)c(C)c2)c(=O)c2c(NC(=O)c3ccccc3C)scc12. The number of ether oxygens (including phenoxy) is 1. The molecular weight excluding hydrogens is 438 g/mol. The van der Waals surface area contributed by atoms with Gasteiger partial charge >= 0.3 is 5.97 Å². The molecule has 0 saturated carbocycles. The number of hydrogen-bond acceptors (Lipinski definition) is 6. The molecule has 0 fully saturated rings. The summed E-state index contributed by atoms with van der Waals surface area (Å²) in [7, 11) is 0. The Kier molecular flexibility index (Phi) is 6.11. The molecule has 0 unspecified atom stereocenters. The van der Waals surface area contributed by atoms with E-state index in [0.717, 1.165) is 16.7 Å². The van der Waals surface area contributed by atoms with Crippen molar-refractivity contribution in [2.24, 2.45) is 0 Å². The van der Waals surface area contributed by atoms with Crippen molar-refractivity contribution in [1.82, 2.24) is 9.78 Å². The molecule has 168 valence electrons. The van der Waals surface area contributed by atoms with Gasteiger partial charge in [0, 0.05) is 16.3 Å². The van der Waals surface area contributed by atoms with Crippen LogP contribution in [0.2, 0.25) is 0 Å². The van der Waals surface area contributed by atoms with Crippen molar-refractivity contribution in [3.63, 3.8) is 0 Å². The minimum atomic E-state index is -0.630. The van der Waals surface area contributed by atoms with Crippen molar-refractivity contribution >= 4 is 39.0 Å². The fourth-order valence-corrected chi connectivity index (χ4v) is 4.45. The third kappa shape index (κ3) is 4.17. The number of nitrogens with zero attached hydrogens (tertiary/aromatic N) is 2. The molecule has 1 amide bonds. The molecule has 7 nitrogen and oxygen atoms in total. The summed E-state index contributed by atoms with van der Waals surface area (Å²) in [5, 5.41) is 9.77. The van der Waals surface area contributed by atoms with Crippen LogP contribution >= 0.6 is 11.3 Å². The molecule has 2 heterocycles. The number of thiophene rings is 1. The quantitative estimate of drug-likeness (QED) is 0.431. The van der Waals surface area contributed by atoms with Crippen LogP contribution in [0.3, 0.4) is 0 Å². The predicted octanol–water partition coefficient (Wildman–Crippen LogP) is 4.80. The van der Waals surface area contributed by atoms with Gasteiger partial charge in [-0.2, -0.15) is 9.78 Å². The fourth-order valence-electron chi connectivity index (χ4n) is 3.52. The standard InChI is InChI=1S/C25H23N3O4S/c1-5-32-25(31)21-19-13-33-23(26-22(29)18-9-7-6-8-15(18)3)20(19)24(30)28(27-21)17-11-10-14(2)16(4)12-17/h6-13H,5H2,1-4H3,(H,26,29).